The van der Waals surface area contributed by atoms with E-state index in [4.69, 9.17) is 25.6 Å². The third kappa shape index (κ3) is 3.63. The molecule has 0 radical (unpaired) electrons. The van der Waals surface area contributed by atoms with E-state index < -0.39 is 0 Å². The summed E-state index contributed by atoms with van der Waals surface area (Å²) < 4.78 is 16.1. The maximum absolute atomic E-state index is 5.99. The van der Waals surface area contributed by atoms with E-state index in [0.29, 0.717) is 22.5 Å². The first-order valence-electron chi connectivity index (χ1n) is 7.01. The third-order valence-electron chi connectivity index (χ3n) is 3.28. The standard InChI is InChI=1S/C17H15ClN2O3/c1-11-8-14(6-7-15(11)18)22-10-16-19-17(23-20-16)12-4-3-5-13(9-12)21-2/h3-9H,10H2,1-2H3. The fraction of sp³-hybridized carbons (Fsp3) is 0.176. The molecule has 23 heavy (non-hydrogen) atoms. The number of methoxy groups -OCH3 is 1. The van der Waals surface area contributed by atoms with Gasteiger partial charge in [0.1, 0.15) is 11.5 Å². The number of ether oxygens (including phenoxy) is 2. The van der Waals surface area contributed by atoms with E-state index in [2.05, 4.69) is 10.1 Å². The molecule has 5 nitrogen and oxygen atoms in total. The Hall–Kier alpha value is -2.53. The maximum Gasteiger partial charge on any atom is 0.258 e. The van der Waals surface area contributed by atoms with Gasteiger partial charge in [0.25, 0.3) is 5.89 Å². The van der Waals surface area contributed by atoms with Crippen LogP contribution in [0.2, 0.25) is 5.02 Å². The van der Waals surface area contributed by atoms with Gasteiger partial charge in [0.15, 0.2) is 6.61 Å². The molecule has 0 aliphatic rings. The van der Waals surface area contributed by atoms with Gasteiger partial charge in [0.05, 0.1) is 7.11 Å². The van der Waals surface area contributed by atoms with Crippen molar-refractivity contribution in [2.45, 2.75) is 13.5 Å². The first kappa shape index (κ1) is 15.4. The average Bonchev–Trinajstić information content (AvgIpc) is 3.05. The van der Waals surface area contributed by atoms with Crippen LogP contribution in [0.3, 0.4) is 0 Å². The lowest BCUT2D eigenvalue weighted by Crippen LogP contribution is -1.97. The molecule has 0 spiro atoms. The highest BCUT2D eigenvalue weighted by molar-refractivity contribution is 6.31. The Kier molecular flexibility index (Phi) is 4.48. The Labute approximate surface area is 138 Å². The molecule has 0 fully saturated rings. The number of nitrogens with zero attached hydrogens (tertiary/aromatic N) is 2. The number of halogens is 1. The Bertz CT molecular complexity index is 817. The molecule has 0 atom stereocenters. The lowest BCUT2D eigenvalue weighted by Gasteiger charge is -2.05. The fourth-order valence-corrected chi connectivity index (χ4v) is 2.16. The lowest BCUT2D eigenvalue weighted by molar-refractivity contribution is 0.287. The monoisotopic (exact) mass is 330 g/mol. The zero-order valence-corrected chi connectivity index (χ0v) is 13.5. The van der Waals surface area contributed by atoms with Crippen LogP contribution in [0, 0.1) is 6.92 Å². The number of benzene rings is 2. The Balaban J connectivity index is 1.70. The lowest BCUT2D eigenvalue weighted by atomic mass is 10.2. The number of hydrogen-bond acceptors (Lipinski definition) is 5. The van der Waals surface area contributed by atoms with Crippen molar-refractivity contribution in [1.29, 1.82) is 0 Å². The molecule has 0 unspecified atom stereocenters. The topological polar surface area (TPSA) is 57.4 Å². The third-order valence-corrected chi connectivity index (χ3v) is 3.71. The molecule has 0 aliphatic heterocycles. The molecule has 6 heteroatoms. The van der Waals surface area contributed by atoms with E-state index >= 15 is 0 Å². The van der Waals surface area contributed by atoms with Crippen molar-refractivity contribution >= 4 is 11.6 Å². The van der Waals surface area contributed by atoms with Crippen molar-refractivity contribution < 1.29 is 14.0 Å². The van der Waals surface area contributed by atoms with Crippen LogP contribution in [0.25, 0.3) is 11.5 Å². The largest absolute Gasteiger partial charge is 0.497 e. The fourth-order valence-electron chi connectivity index (χ4n) is 2.04. The van der Waals surface area contributed by atoms with Gasteiger partial charge in [-0.15, -0.1) is 0 Å². The van der Waals surface area contributed by atoms with E-state index in [1.165, 1.54) is 0 Å². The minimum Gasteiger partial charge on any atom is -0.497 e. The SMILES string of the molecule is COc1cccc(-c2nc(COc3ccc(Cl)c(C)c3)no2)c1. The van der Waals surface area contributed by atoms with E-state index in [0.717, 1.165) is 16.9 Å². The number of rotatable bonds is 5. The Morgan fingerprint density at radius 3 is 2.78 bits per heavy atom. The smallest absolute Gasteiger partial charge is 0.258 e. The minimum atomic E-state index is 0.217. The summed E-state index contributed by atoms with van der Waals surface area (Å²) in [6, 6.07) is 12.9. The van der Waals surface area contributed by atoms with Crippen molar-refractivity contribution in [2.24, 2.45) is 0 Å². The molecule has 118 valence electrons. The minimum absolute atomic E-state index is 0.217. The zero-order valence-electron chi connectivity index (χ0n) is 12.7. The van der Waals surface area contributed by atoms with E-state index in [9.17, 15) is 0 Å². The van der Waals surface area contributed by atoms with Crippen LogP contribution in [-0.4, -0.2) is 17.3 Å². The highest BCUT2D eigenvalue weighted by Gasteiger charge is 2.10. The van der Waals surface area contributed by atoms with Crippen LogP contribution in [-0.2, 0) is 6.61 Å². The van der Waals surface area contributed by atoms with Gasteiger partial charge in [-0.1, -0.05) is 22.8 Å². The molecule has 0 N–H and O–H groups in total. The van der Waals surface area contributed by atoms with Crippen molar-refractivity contribution in [3.63, 3.8) is 0 Å². The van der Waals surface area contributed by atoms with Crippen molar-refractivity contribution in [2.75, 3.05) is 7.11 Å². The summed E-state index contributed by atoms with van der Waals surface area (Å²) in [5.41, 5.74) is 1.75. The second-order valence-electron chi connectivity index (χ2n) is 4.95. The van der Waals surface area contributed by atoms with Gasteiger partial charge in [0, 0.05) is 10.6 Å². The summed E-state index contributed by atoms with van der Waals surface area (Å²) in [6.45, 7) is 2.14. The quantitative estimate of drug-likeness (QED) is 0.698. The summed E-state index contributed by atoms with van der Waals surface area (Å²) in [7, 11) is 1.61. The van der Waals surface area contributed by atoms with Crippen LogP contribution >= 0.6 is 11.6 Å². The second kappa shape index (κ2) is 6.71. The summed E-state index contributed by atoms with van der Waals surface area (Å²) in [4.78, 5) is 4.33. The van der Waals surface area contributed by atoms with E-state index in [1.54, 1.807) is 19.2 Å². The maximum atomic E-state index is 5.99. The molecule has 0 saturated heterocycles. The van der Waals surface area contributed by atoms with Gasteiger partial charge < -0.3 is 14.0 Å². The molecule has 0 bridgehead atoms. The first-order chi connectivity index (χ1) is 11.2. The number of hydrogen-bond donors (Lipinski definition) is 0. The van der Waals surface area contributed by atoms with Crippen molar-refractivity contribution in [1.82, 2.24) is 10.1 Å². The molecule has 0 amide bonds. The van der Waals surface area contributed by atoms with Crippen molar-refractivity contribution in [3.05, 3.63) is 58.9 Å². The van der Waals surface area contributed by atoms with Gasteiger partial charge in [-0.05, 0) is 48.9 Å². The molecule has 3 aromatic rings. The summed E-state index contributed by atoms with van der Waals surface area (Å²) in [6.07, 6.45) is 0. The van der Waals surface area contributed by atoms with Crippen LogP contribution in [0.4, 0.5) is 0 Å². The molecule has 0 saturated carbocycles. The van der Waals surface area contributed by atoms with E-state index in [-0.39, 0.29) is 6.61 Å². The predicted octanol–water partition coefficient (Wildman–Crippen LogP) is 4.29. The molecule has 0 aliphatic carbocycles. The van der Waals surface area contributed by atoms with Gasteiger partial charge >= 0.3 is 0 Å². The van der Waals surface area contributed by atoms with Gasteiger partial charge in [-0.3, -0.25) is 0 Å². The van der Waals surface area contributed by atoms with Crippen molar-refractivity contribution in [3.8, 4) is 23.0 Å². The molecule has 1 aromatic heterocycles. The molecule has 2 aromatic carbocycles. The van der Waals surface area contributed by atoms with Crippen LogP contribution in [0.5, 0.6) is 11.5 Å². The molecular formula is C17H15ClN2O3. The normalized spacial score (nSPS) is 10.6. The summed E-state index contributed by atoms with van der Waals surface area (Å²) in [5.74, 6) is 2.33. The van der Waals surface area contributed by atoms with Gasteiger partial charge in [-0.2, -0.15) is 4.98 Å². The van der Waals surface area contributed by atoms with Gasteiger partial charge in [-0.25, -0.2) is 0 Å². The van der Waals surface area contributed by atoms with Gasteiger partial charge in [0.2, 0.25) is 5.82 Å². The number of aromatic nitrogens is 2. The zero-order chi connectivity index (χ0) is 16.2. The van der Waals surface area contributed by atoms with Crippen LogP contribution in [0.15, 0.2) is 47.0 Å². The Morgan fingerprint density at radius 2 is 2.00 bits per heavy atom. The number of aryl methyl sites for hydroxylation is 1. The summed E-state index contributed by atoms with van der Waals surface area (Å²) in [5, 5.41) is 4.63. The highest BCUT2D eigenvalue weighted by Crippen LogP contribution is 2.24. The molecule has 1 heterocycles. The van der Waals surface area contributed by atoms with Crippen LogP contribution < -0.4 is 9.47 Å². The summed E-state index contributed by atoms with van der Waals surface area (Å²) >= 11 is 5.99. The Morgan fingerprint density at radius 1 is 1.13 bits per heavy atom. The second-order valence-corrected chi connectivity index (χ2v) is 5.35. The highest BCUT2D eigenvalue weighted by atomic mass is 35.5. The predicted molar refractivity (Wildman–Crippen MR) is 86.8 cm³/mol. The average molecular weight is 331 g/mol. The first-order valence-corrected chi connectivity index (χ1v) is 7.39. The van der Waals surface area contributed by atoms with Crippen LogP contribution in [0.1, 0.15) is 11.4 Å². The molecule has 3 rings (SSSR count). The molecular weight excluding hydrogens is 316 g/mol. The van der Waals surface area contributed by atoms with E-state index in [1.807, 2.05) is 37.3 Å².